The largest absolute Gasteiger partial charge is 0.506 e. The standard InChI is InChI=1S/C18H17Br2NO4/c1-3-11-4-6-13(7-5-11)21-17(23)10(2)25-18(24)14-8-12(19)9-15(20)16(14)22/h4-10,22H,3H2,1-2H3,(H,21,23). The van der Waals surface area contributed by atoms with Crippen molar-refractivity contribution >= 4 is 49.4 Å². The Morgan fingerprint density at radius 2 is 1.84 bits per heavy atom. The number of nitrogens with one attached hydrogen (secondary N) is 1. The highest BCUT2D eigenvalue weighted by Crippen LogP contribution is 2.32. The molecule has 0 saturated heterocycles. The molecule has 0 fully saturated rings. The van der Waals surface area contributed by atoms with Crippen LogP contribution in [0.15, 0.2) is 45.3 Å². The zero-order valence-electron chi connectivity index (χ0n) is 13.7. The van der Waals surface area contributed by atoms with Gasteiger partial charge in [0.2, 0.25) is 0 Å². The van der Waals surface area contributed by atoms with Gasteiger partial charge < -0.3 is 15.2 Å². The molecule has 7 heteroatoms. The minimum absolute atomic E-state index is 0.0341. The van der Waals surface area contributed by atoms with Gasteiger partial charge in [0.25, 0.3) is 5.91 Å². The van der Waals surface area contributed by atoms with Gasteiger partial charge in [-0.1, -0.05) is 35.0 Å². The fourth-order valence-corrected chi connectivity index (χ4v) is 3.29. The number of carbonyl (C=O) groups is 2. The van der Waals surface area contributed by atoms with Crippen molar-refractivity contribution in [3.05, 3.63) is 56.5 Å². The Balaban J connectivity index is 2.04. The normalized spacial score (nSPS) is 11.7. The summed E-state index contributed by atoms with van der Waals surface area (Å²) in [5.74, 6) is -1.48. The molecular weight excluding hydrogens is 454 g/mol. The summed E-state index contributed by atoms with van der Waals surface area (Å²) >= 11 is 6.39. The molecule has 5 nitrogen and oxygen atoms in total. The van der Waals surface area contributed by atoms with Crippen LogP contribution in [-0.4, -0.2) is 23.1 Å². The first-order valence-corrected chi connectivity index (χ1v) is 9.19. The fraction of sp³-hybridized carbons (Fsp3) is 0.222. The quantitative estimate of drug-likeness (QED) is 0.623. The summed E-state index contributed by atoms with van der Waals surface area (Å²) in [6, 6.07) is 10.5. The number of esters is 1. The van der Waals surface area contributed by atoms with Gasteiger partial charge in [-0.3, -0.25) is 4.79 Å². The number of amides is 1. The van der Waals surface area contributed by atoms with E-state index in [4.69, 9.17) is 4.74 Å². The lowest BCUT2D eigenvalue weighted by molar-refractivity contribution is -0.123. The highest BCUT2D eigenvalue weighted by atomic mass is 79.9. The van der Waals surface area contributed by atoms with Crippen LogP contribution in [0.1, 0.15) is 29.8 Å². The molecular formula is C18H17Br2NO4. The molecule has 25 heavy (non-hydrogen) atoms. The molecule has 1 unspecified atom stereocenters. The molecule has 1 amide bonds. The third kappa shape index (κ3) is 5.06. The second-order valence-corrected chi connectivity index (χ2v) is 7.14. The lowest BCUT2D eigenvalue weighted by Crippen LogP contribution is -2.30. The van der Waals surface area contributed by atoms with Gasteiger partial charge in [0.1, 0.15) is 11.3 Å². The second kappa shape index (κ2) is 8.49. The van der Waals surface area contributed by atoms with E-state index in [1.54, 1.807) is 18.2 Å². The molecule has 0 aliphatic heterocycles. The summed E-state index contributed by atoms with van der Waals surface area (Å²) in [5.41, 5.74) is 1.75. The van der Waals surface area contributed by atoms with Crippen molar-refractivity contribution < 1.29 is 19.4 Å². The number of phenols is 1. The fourth-order valence-electron chi connectivity index (χ4n) is 2.07. The van der Waals surface area contributed by atoms with E-state index in [1.807, 2.05) is 19.1 Å². The summed E-state index contributed by atoms with van der Waals surface area (Å²) in [6.07, 6.45) is -0.107. The van der Waals surface area contributed by atoms with Crippen molar-refractivity contribution in [1.82, 2.24) is 0 Å². The smallest absolute Gasteiger partial charge is 0.342 e. The van der Waals surface area contributed by atoms with Crippen LogP contribution in [0.5, 0.6) is 5.75 Å². The summed E-state index contributed by atoms with van der Waals surface area (Å²) in [4.78, 5) is 24.4. The highest BCUT2D eigenvalue weighted by Gasteiger charge is 2.22. The number of halogens is 2. The van der Waals surface area contributed by atoms with Crippen LogP contribution in [0.3, 0.4) is 0 Å². The molecule has 0 bridgehead atoms. The molecule has 1 atom stereocenters. The van der Waals surface area contributed by atoms with E-state index >= 15 is 0 Å². The Morgan fingerprint density at radius 1 is 1.20 bits per heavy atom. The molecule has 2 rings (SSSR count). The van der Waals surface area contributed by atoms with Crippen LogP contribution in [0, 0.1) is 0 Å². The second-order valence-electron chi connectivity index (χ2n) is 5.37. The average Bonchev–Trinajstić information content (AvgIpc) is 2.58. The molecule has 2 aromatic carbocycles. The highest BCUT2D eigenvalue weighted by molar-refractivity contribution is 9.11. The molecule has 2 aromatic rings. The van der Waals surface area contributed by atoms with E-state index in [-0.39, 0.29) is 11.3 Å². The van der Waals surface area contributed by atoms with Gasteiger partial charge in [-0.25, -0.2) is 4.79 Å². The molecule has 0 saturated carbocycles. The molecule has 0 aliphatic rings. The third-order valence-corrected chi connectivity index (χ3v) is 4.59. The summed E-state index contributed by atoms with van der Waals surface area (Å²) < 4.78 is 6.10. The van der Waals surface area contributed by atoms with Crippen LogP contribution in [0.4, 0.5) is 5.69 Å². The van der Waals surface area contributed by atoms with E-state index in [0.717, 1.165) is 12.0 Å². The van der Waals surface area contributed by atoms with Gasteiger partial charge in [-0.05, 0) is 59.1 Å². The first kappa shape index (κ1) is 19.5. The maximum atomic E-state index is 12.2. The lowest BCUT2D eigenvalue weighted by Gasteiger charge is -2.15. The molecule has 0 aliphatic carbocycles. The van der Waals surface area contributed by atoms with Crippen LogP contribution >= 0.6 is 31.9 Å². The summed E-state index contributed by atoms with van der Waals surface area (Å²) in [5, 5.41) is 12.6. The van der Waals surface area contributed by atoms with Crippen LogP contribution in [-0.2, 0) is 16.0 Å². The van der Waals surface area contributed by atoms with Gasteiger partial charge in [-0.15, -0.1) is 0 Å². The summed E-state index contributed by atoms with van der Waals surface area (Å²) in [6.45, 7) is 3.52. The number of anilines is 1. The average molecular weight is 471 g/mol. The first-order valence-electron chi connectivity index (χ1n) is 7.60. The maximum absolute atomic E-state index is 12.2. The number of rotatable bonds is 5. The number of aryl methyl sites for hydroxylation is 1. The number of hydrogen-bond acceptors (Lipinski definition) is 4. The predicted octanol–water partition coefficient (Wildman–Crippen LogP) is 4.66. The number of ether oxygens (including phenoxy) is 1. The number of benzene rings is 2. The number of aromatic hydroxyl groups is 1. The van der Waals surface area contributed by atoms with Gasteiger partial charge in [-0.2, -0.15) is 0 Å². The Hall–Kier alpha value is -1.86. The Morgan fingerprint density at radius 3 is 2.44 bits per heavy atom. The summed E-state index contributed by atoms with van der Waals surface area (Å²) in [7, 11) is 0. The Kier molecular flexibility index (Phi) is 6.61. The van der Waals surface area contributed by atoms with Crippen molar-refractivity contribution in [1.29, 1.82) is 0 Å². The molecule has 132 valence electrons. The predicted molar refractivity (Wildman–Crippen MR) is 103 cm³/mol. The molecule has 0 spiro atoms. The van der Waals surface area contributed by atoms with Crippen molar-refractivity contribution in [2.75, 3.05) is 5.32 Å². The third-order valence-electron chi connectivity index (χ3n) is 3.53. The maximum Gasteiger partial charge on any atom is 0.342 e. The molecule has 2 N–H and O–H groups in total. The minimum atomic E-state index is -1.02. The van der Waals surface area contributed by atoms with Crippen LogP contribution < -0.4 is 5.32 Å². The topological polar surface area (TPSA) is 75.6 Å². The van der Waals surface area contributed by atoms with Crippen LogP contribution in [0.25, 0.3) is 0 Å². The van der Waals surface area contributed by atoms with Crippen LogP contribution in [0.2, 0.25) is 0 Å². The van der Waals surface area contributed by atoms with E-state index in [0.29, 0.717) is 14.6 Å². The van der Waals surface area contributed by atoms with Gasteiger partial charge >= 0.3 is 5.97 Å². The lowest BCUT2D eigenvalue weighted by atomic mass is 10.1. The van der Waals surface area contributed by atoms with Crippen molar-refractivity contribution in [2.45, 2.75) is 26.4 Å². The Bertz CT molecular complexity index is 790. The van der Waals surface area contributed by atoms with E-state index in [9.17, 15) is 14.7 Å². The zero-order valence-corrected chi connectivity index (χ0v) is 16.8. The van der Waals surface area contributed by atoms with E-state index in [1.165, 1.54) is 13.0 Å². The Labute approximate surface area is 162 Å². The van der Waals surface area contributed by atoms with Gasteiger partial charge in [0.05, 0.1) is 4.47 Å². The molecule has 0 aromatic heterocycles. The molecule has 0 radical (unpaired) electrons. The number of carbonyl (C=O) groups excluding carboxylic acids is 2. The van der Waals surface area contributed by atoms with Gasteiger partial charge in [0, 0.05) is 10.2 Å². The molecule has 0 heterocycles. The first-order chi connectivity index (χ1) is 11.8. The minimum Gasteiger partial charge on any atom is -0.506 e. The number of hydrogen-bond donors (Lipinski definition) is 2. The van der Waals surface area contributed by atoms with E-state index in [2.05, 4.69) is 37.2 Å². The zero-order chi connectivity index (χ0) is 18.6. The van der Waals surface area contributed by atoms with Gasteiger partial charge in [0.15, 0.2) is 6.10 Å². The number of phenolic OH excluding ortho intramolecular Hbond substituents is 1. The SMILES string of the molecule is CCc1ccc(NC(=O)C(C)OC(=O)c2cc(Br)cc(Br)c2O)cc1. The van der Waals surface area contributed by atoms with Crippen molar-refractivity contribution in [2.24, 2.45) is 0 Å². The van der Waals surface area contributed by atoms with Crippen molar-refractivity contribution in [3.63, 3.8) is 0 Å². The monoisotopic (exact) mass is 469 g/mol. The van der Waals surface area contributed by atoms with E-state index < -0.39 is 18.0 Å². The van der Waals surface area contributed by atoms with Crippen molar-refractivity contribution in [3.8, 4) is 5.75 Å².